The zero-order valence-corrected chi connectivity index (χ0v) is 17.1. The van der Waals surface area contributed by atoms with Crippen molar-refractivity contribution >= 4 is 29.7 Å². The van der Waals surface area contributed by atoms with Crippen LogP contribution in [0.5, 0.6) is 5.75 Å². The summed E-state index contributed by atoms with van der Waals surface area (Å²) in [4.78, 5) is 46.7. The Labute approximate surface area is 188 Å². The fraction of sp³-hybridized carbons (Fsp3) is 0.0435. The molecule has 10 nitrogen and oxygen atoms in total. The fourth-order valence-electron chi connectivity index (χ4n) is 2.71. The topological polar surface area (TPSA) is 140 Å². The number of hydrazone groups is 1. The highest BCUT2D eigenvalue weighted by Crippen LogP contribution is 2.22. The van der Waals surface area contributed by atoms with Crippen LogP contribution < -0.4 is 15.5 Å². The van der Waals surface area contributed by atoms with E-state index in [-0.39, 0.29) is 23.5 Å². The summed E-state index contributed by atoms with van der Waals surface area (Å²) in [6.07, 6.45) is 1.18. The van der Waals surface area contributed by atoms with Crippen LogP contribution in [0.1, 0.15) is 21.5 Å². The molecule has 0 saturated heterocycles. The van der Waals surface area contributed by atoms with E-state index in [0.29, 0.717) is 5.56 Å². The molecule has 2 amide bonds. The zero-order valence-electron chi connectivity index (χ0n) is 17.1. The SMILES string of the molecule is O=C(NCc1ccccc1)C(=O)NN=Cc1ccccc1OC(=O)c1ccccc1[N+](=O)[O-]. The van der Waals surface area contributed by atoms with E-state index in [0.717, 1.165) is 5.56 Å². The minimum absolute atomic E-state index is 0.0622. The Hall–Kier alpha value is -4.86. The first-order valence-corrected chi connectivity index (χ1v) is 9.65. The number of carbonyl (C=O) groups is 3. The second-order valence-corrected chi connectivity index (χ2v) is 6.57. The van der Waals surface area contributed by atoms with Crippen molar-refractivity contribution in [1.29, 1.82) is 0 Å². The number of benzene rings is 3. The average molecular weight is 446 g/mol. The predicted molar refractivity (Wildman–Crippen MR) is 119 cm³/mol. The van der Waals surface area contributed by atoms with Gasteiger partial charge in [-0.3, -0.25) is 19.7 Å². The quantitative estimate of drug-likeness (QED) is 0.143. The molecule has 0 aliphatic rings. The summed E-state index contributed by atoms with van der Waals surface area (Å²) in [5.41, 5.74) is 2.63. The van der Waals surface area contributed by atoms with Crippen LogP contribution in [-0.4, -0.2) is 28.9 Å². The molecule has 0 radical (unpaired) electrons. The van der Waals surface area contributed by atoms with E-state index < -0.39 is 22.7 Å². The van der Waals surface area contributed by atoms with Gasteiger partial charge in [0, 0.05) is 18.2 Å². The maximum absolute atomic E-state index is 12.5. The highest BCUT2D eigenvalue weighted by atomic mass is 16.6. The van der Waals surface area contributed by atoms with Gasteiger partial charge in [-0.15, -0.1) is 0 Å². The molecule has 0 atom stereocenters. The van der Waals surface area contributed by atoms with E-state index in [1.54, 1.807) is 30.3 Å². The van der Waals surface area contributed by atoms with E-state index in [1.807, 2.05) is 18.2 Å². The van der Waals surface area contributed by atoms with Crippen LogP contribution in [0.25, 0.3) is 0 Å². The summed E-state index contributed by atoms with van der Waals surface area (Å²) in [6, 6.07) is 20.7. The molecule has 0 fully saturated rings. The van der Waals surface area contributed by atoms with Crippen LogP contribution in [0.15, 0.2) is 84.0 Å². The van der Waals surface area contributed by atoms with Gasteiger partial charge in [-0.1, -0.05) is 54.6 Å². The summed E-state index contributed by atoms with van der Waals surface area (Å²) < 4.78 is 5.29. The van der Waals surface area contributed by atoms with Crippen molar-refractivity contribution in [2.24, 2.45) is 5.10 Å². The number of carbonyl (C=O) groups excluding carboxylic acids is 3. The maximum atomic E-state index is 12.5. The van der Waals surface area contributed by atoms with E-state index in [1.165, 1.54) is 36.5 Å². The second-order valence-electron chi connectivity index (χ2n) is 6.57. The third-order valence-corrected chi connectivity index (χ3v) is 4.31. The minimum atomic E-state index is -0.975. The summed E-state index contributed by atoms with van der Waals surface area (Å²) in [6.45, 7) is 0.182. The lowest BCUT2D eigenvalue weighted by molar-refractivity contribution is -0.385. The van der Waals surface area contributed by atoms with Crippen molar-refractivity contribution in [2.75, 3.05) is 0 Å². The van der Waals surface area contributed by atoms with E-state index in [9.17, 15) is 24.5 Å². The molecule has 10 heteroatoms. The van der Waals surface area contributed by atoms with Crippen molar-refractivity contribution in [1.82, 2.24) is 10.7 Å². The van der Waals surface area contributed by atoms with Gasteiger partial charge in [-0.05, 0) is 23.8 Å². The Balaban J connectivity index is 1.62. The summed E-state index contributed by atoms with van der Waals surface area (Å²) >= 11 is 0. The molecule has 0 spiro atoms. The van der Waals surface area contributed by atoms with Gasteiger partial charge in [0.2, 0.25) is 0 Å². The second kappa shape index (κ2) is 11.0. The molecule has 0 heterocycles. The lowest BCUT2D eigenvalue weighted by atomic mass is 10.2. The number of amides is 2. The molecule has 3 aromatic carbocycles. The van der Waals surface area contributed by atoms with Crippen molar-refractivity contribution in [3.05, 3.63) is 106 Å². The molecular formula is C23H18N4O6. The van der Waals surface area contributed by atoms with Gasteiger partial charge >= 0.3 is 17.8 Å². The first-order chi connectivity index (χ1) is 16.0. The number of hydrogen-bond acceptors (Lipinski definition) is 7. The third-order valence-electron chi connectivity index (χ3n) is 4.31. The van der Waals surface area contributed by atoms with Gasteiger partial charge in [0.1, 0.15) is 11.3 Å². The number of nitrogens with zero attached hydrogens (tertiary/aromatic N) is 2. The van der Waals surface area contributed by atoms with Crippen LogP contribution in [0, 0.1) is 10.1 Å². The molecule has 3 aromatic rings. The Kier molecular flexibility index (Phi) is 7.58. The van der Waals surface area contributed by atoms with Crippen LogP contribution in [0.2, 0.25) is 0 Å². The van der Waals surface area contributed by atoms with Gasteiger partial charge in [0.25, 0.3) is 5.69 Å². The Morgan fingerprint density at radius 1 is 0.909 bits per heavy atom. The Morgan fingerprint density at radius 2 is 1.58 bits per heavy atom. The lowest BCUT2D eigenvalue weighted by Crippen LogP contribution is -2.37. The molecule has 3 rings (SSSR count). The number of para-hydroxylation sites is 2. The maximum Gasteiger partial charge on any atom is 0.350 e. The van der Waals surface area contributed by atoms with Crippen LogP contribution in [-0.2, 0) is 16.1 Å². The van der Waals surface area contributed by atoms with E-state index in [2.05, 4.69) is 15.8 Å². The molecular weight excluding hydrogens is 428 g/mol. The molecule has 2 N–H and O–H groups in total. The van der Waals surface area contributed by atoms with E-state index >= 15 is 0 Å². The van der Waals surface area contributed by atoms with Crippen molar-refractivity contribution in [3.63, 3.8) is 0 Å². The highest BCUT2D eigenvalue weighted by Gasteiger charge is 2.21. The Morgan fingerprint density at radius 3 is 2.33 bits per heavy atom. The zero-order chi connectivity index (χ0) is 23.6. The number of rotatable bonds is 7. The number of esters is 1. The van der Waals surface area contributed by atoms with Crippen molar-refractivity contribution in [3.8, 4) is 5.75 Å². The fourth-order valence-corrected chi connectivity index (χ4v) is 2.71. The van der Waals surface area contributed by atoms with Crippen LogP contribution in [0.4, 0.5) is 5.69 Å². The van der Waals surface area contributed by atoms with E-state index in [4.69, 9.17) is 4.74 Å². The number of nitrogens with one attached hydrogen (secondary N) is 2. The normalized spacial score (nSPS) is 10.4. The van der Waals surface area contributed by atoms with Gasteiger partial charge < -0.3 is 10.1 Å². The molecule has 166 valence electrons. The van der Waals surface area contributed by atoms with Gasteiger partial charge in [-0.25, -0.2) is 10.2 Å². The summed E-state index contributed by atoms with van der Waals surface area (Å²) in [7, 11) is 0. The molecule has 0 saturated carbocycles. The number of hydrogen-bond donors (Lipinski definition) is 2. The van der Waals surface area contributed by atoms with Crippen LogP contribution in [0.3, 0.4) is 0 Å². The third kappa shape index (κ3) is 6.31. The van der Waals surface area contributed by atoms with Crippen molar-refractivity contribution in [2.45, 2.75) is 6.54 Å². The standard InChI is InChI=1S/C23H18N4O6/c28-21(24-14-16-8-2-1-3-9-16)22(29)26-25-15-17-10-4-7-13-20(17)33-23(30)18-11-5-6-12-19(18)27(31)32/h1-13,15H,14H2,(H,24,28)(H,26,29). The molecule has 0 aliphatic heterocycles. The lowest BCUT2D eigenvalue weighted by Gasteiger charge is -2.07. The van der Waals surface area contributed by atoms with Gasteiger partial charge in [0.15, 0.2) is 0 Å². The molecule has 0 unspecified atom stereocenters. The average Bonchev–Trinajstić information content (AvgIpc) is 2.84. The summed E-state index contributed by atoms with van der Waals surface area (Å²) in [5.74, 6) is -2.71. The first kappa shape index (κ1) is 22.8. The van der Waals surface area contributed by atoms with Crippen molar-refractivity contribution < 1.29 is 24.0 Å². The van der Waals surface area contributed by atoms with Crippen LogP contribution >= 0.6 is 0 Å². The predicted octanol–water partition coefficient (Wildman–Crippen LogP) is 2.58. The largest absolute Gasteiger partial charge is 0.422 e. The van der Waals surface area contributed by atoms with Gasteiger partial charge in [0.05, 0.1) is 11.1 Å². The van der Waals surface area contributed by atoms with Gasteiger partial charge in [-0.2, -0.15) is 5.10 Å². The smallest absolute Gasteiger partial charge is 0.350 e. The summed E-state index contributed by atoms with van der Waals surface area (Å²) in [5, 5.41) is 17.3. The molecule has 33 heavy (non-hydrogen) atoms. The first-order valence-electron chi connectivity index (χ1n) is 9.65. The number of ether oxygens (including phenoxy) is 1. The Bertz CT molecular complexity index is 1210. The number of nitro benzene ring substituents is 1. The molecule has 0 bridgehead atoms. The highest BCUT2D eigenvalue weighted by molar-refractivity contribution is 6.35. The monoisotopic (exact) mass is 446 g/mol. The minimum Gasteiger partial charge on any atom is -0.422 e. The molecule has 0 aliphatic carbocycles. The molecule has 0 aromatic heterocycles. The number of nitro groups is 1.